The third-order valence-corrected chi connectivity index (χ3v) is 9.63. The summed E-state index contributed by atoms with van der Waals surface area (Å²) in [4.78, 5) is 3.79. The van der Waals surface area contributed by atoms with E-state index in [2.05, 4.69) is 16.4 Å². The van der Waals surface area contributed by atoms with Crippen molar-refractivity contribution in [1.29, 1.82) is 0 Å². The number of sulfonamides is 1. The van der Waals surface area contributed by atoms with Crippen LogP contribution < -0.4 is 10.1 Å². The Kier molecular flexibility index (Phi) is 7.27. The summed E-state index contributed by atoms with van der Waals surface area (Å²) in [6.07, 6.45) is 0.912. The van der Waals surface area contributed by atoms with Crippen LogP contribution in [0.25, 0.3) is 32.6 Å². The number of nitrogens with one attached hydrogen (secondary N) is 2. The second-order valence-electron chi connectivity index (χ2n) is 10.3. The van der Waals surface area contributed by atoms with Gasteiger partial charge >= 0.3 is 0 Å². The Balaban J connectivity index is 0.993. The Hall–Kier alpha value is -3.43. The van der Waals surface area contributed by atoms with Gasteiger partial charge in [0, 0.05) is 41.3 Å². The van der Waals surface area contributed by atoms with Gasteiger partial charge in [0.25, 0.3) is 0 Å². The summed E-state index contributed by atoms with van der Waals surface area (Å²) >= 11 is 0. The van der Waals surface area contributed by atoms with E-state index < -0.39 is 16.1 Å². The van der Waals surface area contributed by atoms with Crippen molar-refractivity contribution in [2.45, 2.75) is 23.8 Å². The number of aliphatic hydroxyl groups excluding tert-OH is 1. The molecule has 1 aliphatic heterocycles. The molecule has 39 heavy (non-hydrogen) atoms. The third kappa shape index (κ3) is 5.25. The molecule has 1 saturated heterocycles. The largest absolute Gasteiger partial charge is 0.490 e. The maximum absolute atomic E-state index is 13.4. The molecule has 0 aliphatic carbocycles. The molecular formula is C31H33N3O4S. The molecule has 202 valence electrons. The molecule has 7 nitrogen and oxygen atoms in total. The number of fused-ring (bicyclic) bond motifs is 4. The van der Waals surface area contributed by atoms with Gasteiger partial charge in [0.05, 0.1) is 10.4 Å². The van der Waals surface area contributed by atoms with Crippen LogP contribution in [0, 0.1) is 5.92 Å². The molecule has 1 aliphatic rings. The minimum atomic E-state index is -3.55. The van der Waals surface area contributed by atoms with E-state index in [9.17, 15) is 13.5 Å². The monoisotopic (exact) mass is 543 g/mol. The lowest BCUT2D eigenvalue weighted by atomic mass is 9.98. The quantitative estimate of drug-likeness (QED) is 0.246. The average molecular weight is 544 g/mol. The van der Waals surface area contributed by atoms with Gasteiger partial charge in [-0.25, -0.2) is 8.42 Å². The Bertz CT molecular complexity index is 1700. The summed E-state index contributed by atoms with van der Waals surface area (Å²) in [5, 5.41) is 17.7. The summed E-state index contributed by atoms with van der Waals surface area (Å²) in [6.45, 7) is 2.33. The number of para-hydroxylation sites is 1. The molecule has 0 amide bonds. The van der Waals surface area contributed by atoms with E-state index in [0.29, 0.717) is 30.4 Å². The first-order chi connectivity index (χ1) is 19.0. The van der Waals surface area contributed by atoms with E-state index in [1.807, 2.05) is 72.8 Å². The maximum Gasteiger partial charge on any atom is 0.243 e. The van der Waals surface area contributed by atoms with Crippen LogP contribution in [-0.4, -0.2) is 61.7 Å². The van der Waals surface area contributed by atoms with Gasteiger partial charge in [0.15, 0.2) is 0 Å². The summed E-state index contributed by atoms with van der Waals surface area (Å²) in [5.74, 6) is 1.11. The number of H-pyrrole nitrogens is 1. The van der Waals surface area contributed by atoms with E-state index in [0.717, 1.165) is 57.7 Å². The minimum absolute atomic E-state index is 0.188. The van der Waals surface area contributed by atoms with Crippen molar-refractivity contribution in [3.63, 3.8) is 0 Å². The Morgan fingerprint density at radius 3 is 2.44 bits per heavy atom. The molecule has 0 unspecified atom stereocenters. The van der Waals surface area contributed by atoms with Crippen LogP contribution in [0.1, 0.15) is 12.8 Å². The first-order valence-electron chi connectivity index (χ1n) is 13.5. The van der Waals surface area contributed by atoms with Gasteiger partial charge in [0.1, 0.15) is 18.5 Å². The molecule has 6 rings (SSSR count). The first kappa shape index (κ1) is 25.8. The second kappa shape index (κ2) is 11.0. The molecule has 0 saturated carbocycles. The molecule has 0 spiro atoms. The van der Waals surface area contributed by atoms with Crippen LogP contribution in [0.15, 0.2) is 89.8 Å². The van der Waals surface area contributed by atoms with Gasteiger partial charge in [-0.2, -0.15) is 4.31 Å². The molecule has 5 aromatic rings. The van der Waals surface area contributed by atoms with E-state index in [4.69, 9.17) is 4.74 Å². The molecule has 0 bridgehead atoms. The number of aliphatic hydroxyl groups is 1. The average Bonchev–Trinajstić information content (AvgIpc) is 3.35. The number of rotatable bonds is 9. The van der Waals surface area contributed by atoms with Gasteiger partial charge in [-0.15, -0.1) is 0 Å². The first-order valence-corrected chi connectivity index (χ1v) is 14.9. The lowest BCUT2D eigenvalue weighted by molar-refractivity contribution is 0.105. The van der Waals surface area contributed by atoms with Gasteiger partial charge in [0.2, 0.25) is 10.0 Å². The van der Waals surface area contributed by atoms with Gasteiger partial charge in [-0.05, 0) is 55.0 Å². The number of hydrogen-bond acceptors (Lipinski definition) is 5. The van der Waals surface area contributed by atoms with Gasteiger partial charge < -0.3 is 20.1 Å². The Morgan fingerprint density at radius 2 is 1.59 bits per heavy atom. The van der Waals surface area contributed by atoms with Crippen molar-refractivity contribution < 1.29 is 18.3 Å². The van der Waals surface area contributed by atoms with Crippen molar-refractivity contribution in [3.8, 4) is 5.75 Å². The van der Waals surface area contributed by atoms with Crippen LogP contribution >= 0.6 is 0 Å². The number of aromatic amines is 1. The lowest BCUT2D eigenvalue weighted by Gasteiger charge is -2.31. The topological polar surface area (TPSA) is 94.7 Å². The van der Waals surface area contributed by atoms with E-state index in [-0.39, 0.29) is 6.61 Å². The fraction of sp³-hybridized carbons (Fsp3) is 0.290. The fourth-order valence-corrected chi connectivity index (χ4v) is 7.29. The van der Waals surface area contributed by atoms with Gasteiger partial charge in [-0.1, -0.05) is 60.7 Å². The molecule has 3 N–H and O–H groups in total. The zero-order valence-corrected chi connectivity index (χ0v) is 22.5. The maximum atomic E-state index is 13.4. The number of benzene rings is 4. The molecule has 8 heteroatoms. The normalized spacial score (nSPS) is 16.2. The van der Waals surface area contributed by atoms with E-state index >= 15 is 0 Å². The SMILES string of the molecule is O=S(=O)(c1cccc2ccccc12)N1CCC(CNC[C@H](O)COc2cccc3[nH]c4ccccc4c23)CC1. The zero-order valence-electron chi connectivity index (χ0n) is 21.7. The number of hydrogen-bond donors (Lipinski definition) is 3. The smallest absolute Gasteiger partial charge is 0.243 e. The molecule has 2 heterocycles. The van der Waals surface area contributed by atoms with Crippen molar-refractivity contribution in [2.75, 3.05) is 32.8 Å². The molecular weight excluding hydrogens is 510 g/mol. The van der Waals surface area contributed by atoms with Crippen molar-refractivity contribution >= 4 is 42.6 Å². The lowest BCUT2D eigenvalue weighted by Crippen LogP contribution is -2.42. The fourth-order valence-electron chi connectivity index (χ4n) is 5.60. The zero-order chi connectivity index (χ0) is 26.8. The van der Waals surface area contributed by atoms with E-state index in [1.54, 1.807) is 10.4 Å². The van der Waals surface area contributed by atoms with Crippen molar-refractivity contribution in [2.24, 2.45) is 5.92 Å². The molecule has 1 aromatic heterocycles. The van der Waals surface area contributed by atoms with Crippen LogP contribution in [0.5, 0.6) is 5.75 Å². The second-order valence-corrected chi connectivity index (χ2v) is 12.2. The van der Waals surface area contributed by atoms with Crippen LogP contribution in [0.3, 0.4) is 0 Å². The molecule has 0 radical (unpaired) electrons. The highest BCUT2D eigenvalue weighted by molar-refractivity contribution is 7.89. The van der Waals surface area contributed by atoms with Crippen LogP contribution in [0.4, 0.5) is 0 Å². The van der Waals surface area contributed by atoms with E-state index in [1.165, 1.54) is 0 Å². The summed E-state index contributed by atoms with van der Waals surface area (Å²) in [6, 6.07) is 27.1. The van der Waals surface area contributed by atoms with Gasteiger partial charge in [-0.3, -0.25) is 0 Å². The Labute approximate surface area is 228 Å². The van der Waals surface area contributed by atoms with Crippen molar-refractivity contribution in [3.05, 3.63) is 84.9 Å². The minimum Gasteiger partial charge on any atom is -0.490 e. The summed E-state index contributed by atoms with van der Waals surface area (Å²) < 4.78 is 34.4. The Morgan fingerprint density at radius 1 is 0.897 bits per heavy atom. The highest BCUT2D eigenvalue weighted by Crippen LogP contribution is 2.33. The molecule has 1 fully saturated rings. The molecule has 1 atom stereocenters. The summed E-state index contributed by atoms with van der Waals surface area (Å²) in [7, 11) is -3.55. The summed E-state index contributed by atoms with van der Waals surface area (Å²) in [5.41, 5.74) is 2.07. The van der Waals surface area contributed by atoms with Crippen molar-refractivity contribution in [1.82, 2.24) is 14.6 Å². The van der Waals surface area contributed by atoms with Crippen LogP contribution in [0.2, 0.25) is 0 Å². The third-order valence-electron chi connectivity index (χ3n) is 7.68. The number of ether oxygens (including phenoxy) is 1. The molecule has 4 aromatic carbocycles. The predicted octanol–water partition coefficient (Wildman–Crippen LogP) is 4.90. The highest BCUT2D eigenvalue weighted by atomic mass is 32.2. The highest BCUT2D eigenvalue weighted by Gasteiger charge is 2.30. The standard InChI is InChI=1S/C31H33N3O4S/c35-24(21-38-29-13-6-12-28-31(29)26-10-3-4-11-27(26)33-28)20-32-19-22-15-17-34(18-16-22)39(36,37)30-14-5-8-23-7-1-2-9-25(23)30/h1-14,22,24,32-33,35H,15-21H2/t24-/m0/s1. The van der Waals surface area contributed by atoms with Crippen LogP contribution in [-0.2, 0) is 10.0 Å². The predicted molar refractivity (Wildman–Crippen MR) is 156 cm³/mol. The number of piperidine rings is 1. The number of nitrogens with zero attached hydrogens (tertiary/aromatic N) is 1. The number of aromatic nitrogens is 1.